The summed E-state index contributed by atoms with van der Waals surface area (Å²) < 4.78 is 152. The molecule has 0 aromatic carbocycles. The molecule has 180 valence electrons. The van der Waals surface area contributed by atoms with Crippen LogP contribution in [0.25, 0.3) is 0 Å². The zero-order valence-corrected chi connectivity index (χ0v) is 15.3. The Balaban J connectivity index is 2.60. The highest BCUT2D eigenvalue weighted by Crippen LogP contribution is 2.53. The zero-order chi connectivity index (χ0) is 23.4. The van der Waals surface area contributed by atoms with Crippen LogP contribution in [0.3, 0.4) is 0 Å². The molecule has 0 aliphatic carbocycles. The molecule has 4 nitrogen and oxygen atoms in total. The second-order valence-corrected chi connectivity index (χ2v) is 6.75. The van der Waals surface area contributed by atoms with Gasteiger partial charge in [-0.25, -0.2) is 0 Å². The predicted molar refractivity (Wildman–Crippen MR) is 79.2 cm³/mol. The molecule has 0 aromatic rings. The van der Waals surface area contributed by atoms with Gasteiger partial charge >= 0.3 is 29.9 Å². The third-order valence-electron chi connectivity index (χ3n) is 4.25. The molecular formula is C15H20F11NO3. The van der Waals surface area contributed by atoms with Crippen molar-refractivity contribution in [3.05, 3.63) is 0 Å². The Labute approximate surface area is 163 Å². The lowest BCUT2D eigenvalue weighted by atomic mass is 9.95. The van der Waals surface area contributed by atoms with Gasteiger partial charge in [-0.05, 0) is 0 Å². The number of halogens is 11. The van der Waals surface area contributed by atoms with E-state index in [0.717, 1.165) is 0 Å². The van der Waals surface area contributed by atoms with Crippen molar-refractivity contribution >= 4 is 0 Å². The molecule has 1 aliphatic rings. The molecule has 1 saturated heterocycles. The molecule has 1 N–H and O–H groups in total. The Morgan fingerprint density at radius 1 is 0.833 bits per heavy atom. The van der Waals surface area contributed by atoms with E-state index in [1.165, 1.54) is 0 Å². The van der Waals surface area contributed by atoms with Gasteiger partial charge in [0.15, 0.2) is 0 Å². The van der Waals surface area contributed by atoms with Crippen LogP contribution in [0.15, 0.2) is 0 Å². The first-order chi connectivity index (χ1) is 13.4. The summed E-state index contributed by atoms with van der Waals surface area (Å²) in [5, 5.41) is 9.38. The Kier molecular flexibility index (Phi) is 8.76. The molecule has 1 aliphatic heterocycles. The maximum absolute atomic E-state index is 13.6. The van der Waals surface area contributed by atoms with E-state index >= 15 is 0 Å². The van der Waals surface area contributed by atoms with Gasteiger partial charge in [0.2, 0.25) is 0 Å². The van der Waals surface area contributed by atoms with Gasteiger partial charge in [-0.2, -0.15) is 48.3 Å². The minimum absolute atomic E-state index is 0.102. The molecule has 0 radical (unpaired) electrons. The van der Waals surface area contributed by atoms with Crippen LogP contribution in [0.1, 0.15) is 12.8 Å². The van der Waals surface area contributed by atoms with E-state index in [-0.39, 0.29) is 6.61 Å². The highest BCUT2D eigenvalue weighted by atomic mass is 19.4. The first-order valence-electron chi connectivity index (χ1n) is 8.57. The molecule has 15 heteroatoms. The van der Waals surface area contributed by atoms with Crippen molar-refractivity contribution < 1.29 is 62.9 Å². The third kappa shape index (κ3) is 6.79. The largest absolute Gasteiger partial charge is 0.459 e. The Morgan fingerprint density at radius 3 is 1.87 bits per heavy atom. The van der Waals surface area contributed by atoms with E-state index in [0.29, 0.717) is 32.8 Å². The number of alkyl halides is 11. The van der Waals surface area contributed by atoms with Gasteiger partial charge in [0.1, 0.15) is 0 Å². The fraction of sp³-hybridized carbons (Fsp3) is 1.00. The average Bonchev–Trinajstić information content (AvgIpc) is 2.57. The van der Waals surface area contributed by atoms with Gasteiger partial charge in [0.25, 0.3) is 0 Å². The summed E-state index contributed by atoms with van der Waals surface area (Å²) in [5.41, 5.74) is 0. The first kappa shape index (κ1) is 27.1. The third-order valence-corrected chi connectivity index (χ3v) is 4.25. The second-order valence-electron chi connectivity index (χ2n) is 6.75. The van der Waals surface area contributed by atoms with Crippen molar-refractivity contribution in [2.75, 3.05) is 46.1 Å². The van der Waals surface area contributed by atoms with Crippen LogP contribution < -0.4 is 0 Å². The van der Waals surface area contributed by atoms with Crippen LogP contribution in [0.2, 0.25) is 0 Å². The van der Waals surface area contributed by atoms with Gasteiger partial charge in [-0.1, -0.05) is 0 Å². The van der Waals surface area contributed by atoms with Crippen LogP contribution in [0, 0.1) is 0 Å². The topological polar surface area (TPSA) is 41.9 Å². The Morgan fingerprint density at radius 2 is 1.37 bits per heavy atom. The fourth-order valence-corrected chi connectivity index (χ4v) is 2.47. The standard InChI is InChI=1S/C15H20F11NO3/c16-11(17,7-10(28)8-30-6-3-27-1-4-29-5-2-27)12(18,19)9-13(20,21)14(22,23)15(24,25)26/h10,28H,1-9H2. The maximum Gasteiger partial charge on any atom is 0.459 e. The van der Waals surface area contributed by atoms with Gasteiger partial charge < -0.3 is 14.6 Å². The van der Waals surface area contributed by atoms with E-state index in [9.17, 15) is 53.4 Å². The summed E-state index contributed by atoms with van der Waals surface area (Å²) >= 11 is 0. The van der Waals surface area contributed by atoms with E-state index < -0.39 is 55.4 Å². The van der Waals surface area contributed by atoms with Crippen molar-refractivity contribution in [1.82, 2.24) is 4.90 Å². The van der Waals surface area contributed by atoms with E-state index in [4.69, 9.17) is 9.47 Å². The number of rotatable bonds is 11. The normalized spacial score (nSPS) is 19.2. The van der Waals surface area contributed by atoms with E-state index in [1.54, 1.807) is 0 Å². The number of aliphatic hydroxyl groups is 1. The molecule has 0 amide bonds. The molecule has 0 saturated carbocycles. The summed E-state index contributed by atoms with van der Waals surface area (Å²) in [6, 6.07) is 0. The summed E-state index contributed by atoms with van der Waals surface area (Å²) in [6.07, 6.45) is -15.2. The molecule has 0 spiro atoms. The molecule has 1 fully saturated rings. The zero-order valence-electron chi connectivity index (χ0n) is 15.3. The van der Waals surface area contributed by atoms with Gasteiger partial charge in [-0.15, -0.1) is 0 Å². The molecule has 30 heavy (non-hydrogen) atoms. The molecule has 1 heterocycles. The van der Waals surface area contributed by atoms with E-state index in [2.05, 4.69) is 0 Å². The van der Waals surface area contributed by atoms with E-state index in [1.807, 2.05) is 4.90 Å². The number of hydrogen-bond donors (Lipinski definition) is 1. The van der Waals surface area contributed by atoms with Gasteiger partial charge in [0.05, 0.1) is 39.0 Å². The van der Waals surface area contributed by atoms with Crippen molar-refractivity contribution in [1.29, 1.82) is 0 Å². The quantitative estimate of drug-likeness (QED) is 0.370. The summed E-state index contributed by atoms with van der Waals surface area (Å²) in [7, 11) is 0. The number of morpholine rings is 1. The van der Waals surface area contributed by atoms with Gasteiger partial charge in [0, 0.05) is 26.1 Å². The first-order valence-corrected chi connectivity index (χ1v) is 8.57. The minimum Gasteiger partial charge on any atom is -0.390 e. The smallest absolute Gasteiger partial charge is 0.390 e. The molecule has 1 rings (SSSR count). The summed E-state index contributed by atoms with van der Waals surface area (Å²) in [6.45, 7) is 1.27. The molecular weight excluding hydrogens is 451 g/mol. The number of hydrogen-bond acceptors (Lipinski definition) is 4. The monoisotopic (exact) mass is 471 g/mol. The lowest BCUT2D eigenvalue weighted by Gasteiger charge is -2.34. The average molecular weight is 471 g/mol. The Hall–Kier alpha value is -0.930. The molecule has 1 unspecified atom stereocenters. The van der Waals surface area contributed by atoms with Crippen molar-refractivity contribution in [3.63, 3.8) is 0 Å². The lowest BCUT2D eigenvalue weighted by Crippen LogP contribution is -2.57. The maximum atomic E-state index is 13.6. The van der Waals surface area contributed by atoms with Crippen molar-refractivity contribution in [2.24, 2.45) is 0 Å². The van der Waals surface area contributed by atoms with Crippen molar-refractivity contribution in [2.45, 2.75) is 48.8 Å². The number of ether oxygens (including phenoxy) is 2. The van der Waals surface area contributed by atoms with Crippen LogP contribution in [-0.4, -0.2) is 92.0 Å². The number of nitrogens with zero attached hydrogens (tertiary/aromatic N) is 1. The SMILES string of the molecule is OC(COCCN1CCOCC1)CC(F)(F)C(F)(F)CC(F)(F)C(F)(F)C(F)(F)F. The predicted octanol–water partition coefficient (Wildman–Crippen LogP) is 3.58. The highest BCUT2D eigenvalue weighted by Gasteiger charge is 2.76. The van der Waals surface area contributed by atoms with Crippen LogP contribution in [-0.2, 0) is 9.47 Å². The second kappa shape index (κ2) is 9.69. The summed E-state index contributed by atoms with van der Waals surface area (Å²) in [5.74, 6) is -25.0. The fourth-order valence-electron chi connectivity index (χ4n) is 2.47. The molecule has 0 aromatic heterocycles. The van der Waals surface area contributed by atoms with Gasteiger partial charge in [-0.3, -0.25) is 4.90 Å². The highest BCUT2D eigenvalue weighted by molar-refractivity contribution is 4.98. The minimum atomic E-state index is -6.96. The lowest BCUT2D eigenvalue weighted by molar-refractivity contribution is -0.370. The number of aliphatic hydroxyl groups excluding tert-OH is 1. The molecule has 1 atom stereocenters. The van der Waals surface area contributed by atoms with Crippen molar-refractivity contribution in [3.8, 4) is 0 Å². The van der Waals surface area contributed by atoms with Crippen LogP contribution in [0.4, 0.5) is 48.3 Å². The molecule has 0 bridgehead atoms. The van der Waals surface area contributed by atoms with Crippen LogP contribution >= 0.6 is 0 Å². The Bertz CT molecular complexity index is 536. The van der Waals surface area contributed by atoms with Crippen LogP contribution in [0.5, 0.6) is 0 Å². The summed E-state index contributed by atoms with van der Waals surface area (Å²) in [4.78, 5) is 1.85.